The zero-order valence-corrected chi connectivity index (χ0v) is 8.88. The molecule has 0 aliphatic heterocycles. The average molecular weight is 200 g/mol. The second-order valence-corrected chi connectivity index (χ2v) is 4.54. The molecule has 1 rings (SSSR count). The van der Waals surface area contributed by atoms with E-state index in [4.69, 9.17) is 4.42 Å². The van der Waals surface area contributed by atoms with Crippen molar-refractivity contribution in [3.63, 3.8) is 0 Å². The van der Waals surface area contributed by atoms with E-state index in [1.54, 1.807) is 30.2 Å². The molecule has 0 spiro atoms. The minimum atomic E-state index is -0.459. The van der Waals surface area contributed by atoms with E-state index < -0.39 is 6.10 Å². The molecule has 3 heteroatoms. The lowest BCUT2D eigenvalue weighted by atomic mass is 10.3. The van der Waals surface area contributed by atoms with Crippen molar-refractivity contribution < 1.29 is 9.52 Å². The number of hydrogen-bond donors (Lipinski definition) is 1. The Kier molecular flexibility index (Phi) is 4.39. The van der Waals surface area contributed by atoms with Gasteiger partial charge in [-0.1, -0.05) is 13.8 Å². The largest absolute Gasteiger partial charge is 0.467 e. The minimum Gasteiger partial charge on any atom is -0.467 e. The Labute approximate surface area is 83.3 Å². The Morgan fingerprint density at radius 1 is 1.46 bits per heavy atom. The summed E-state index contributed by atoms with van der Waals surface area (Å²) in [7, 11) is 0. The molecule has 0 aliphatic rings. The fraction of sp³-hybridized carbons (Fsp3) is 0.600. The zero-order chi connectivity index (χ0) is 9.68. The molecule has 0 aliphatic carbocycles. The average Bonchev–Trinajstić information content (AvgIpc) is 2.55. The third-order valence-electron chi connectivity index (χ3n) is 1.60. The van der Waals surface area contributed by atoms with Crippen LogP contribution in [0.2, 0.25) is 0 Å². The first-order chi connectivity index (χ1) is 6.20. The molecule has 0 saturated carbocycles. The SMILES string of the molecule is CC(C)CSCC(O)c1ccco1. The third-order valence-corrected chi connectivity index (χ3v) is 3.05. The van der Waals surface area contributed by atoms with Gasteiger partial charge in [0.1, 0.15) is 11.9 Å². The summed E-state index contributed by atoms with van der Waals surface area (Å²) >= 11 is 1.76. The van der Waals surface area contributed by atoms with Crippen LogP contribution in [0.3, 0.4) is 0 Å². The molecular weight excluding hydrogens is 184 g/mol. The molecule has 0 amide bonds. The van der Waals surface area contributed by atoms with Crippen LogP contribution >= 0.6 is 11.8 Å². The molecule has 1 aromatic rings. The Morgan fingerprint density at radius 2 is 2.23 bits per heavy atom. The highest BCUT2D eigenvalue weighted by atomic mass is 32.2. The van der Waals surface area contributed by atoms with Crippen LogP contribution in [0.5, 0.6) is 0 Å². The van der Waals surface area contributed by atoms with Gasteiger partial charge in [-0.25, -0.2) is 0 Å². The van der Waals surface area contributed by atoms with Crippen LogP contribution in [0.4, 0.5) is 0 Å². The van der Waals surface area contributed by atoms with E-state index >= 15 is 0 Å². The van der Waals surface area contributed by atoms with Gasteiger partial charge in [-0.05, 0) is 23.8 Å². The van der Waals surface area contributed by atoms with E-state index in [1.807, 2.05) is 0 Å². The van der Waals surface area contributed by atoms with Crippen LogP contribution in [-0.2, 0) is 0 Å². The van der Waals surface area contributed by atoms with Gasteiger partial charge in [0.25, 0.3) is 0 Å². The van der Waals surface area contributed by atoms with Gasteiger partial charge in [0.15, 0.2) is 0 Å². The van der Waals surface area contributed by atoms with Crippen LogP contribution < -0.4 is 0 Å². The molecule has 2 nitrogen and oxygen atoms in total. The Morgan fingerprint density at radius 3 is 2.77 bits per heavy atom. The molecule has 13 heavy (non-hydrogen) atoms. The van der Waals surface area contributed by atoms with Crippen LogP contribution in [0.15, 0.2) is 22.8 Å². The lowest BCUT2D eigenvalue weighted by Crippen LogP contribution is -2.01. The quantitative estimate of drug-likeness (QED) is 0.793. The Hall–Kier alpha value is -0.410. The summed E-state index contributed by atoms with van der Waals surface area (Å²) < 4.78 is 5.09. The summed E-state index contributed by atoms with van der Waals surface area (Å²) in [5.74, 6) is 3.13. The van der Waals surface area contributed by atoms with E-state index in [-0.39, 0.29) is 0 Å². The molecule has 0 radical (unpaired) electrons. The maximum atomic E-state index is 9.61. The van der Waals surface area contributed by atoms with Gasteiger partial charge in [-0.2, -0.15) is 11.8 Å². The van der Waals surface area contributed by atoms with Crippen molar-refractivity contribution in [3.05, 3.63) is 24.2 Å². The van der Waals surface area contributed by atoms with Crippen molar-refractivity contribution in [2.75, 3.05) is 11.5 Å². The van der Waals surface area contributed by atoms with Gasteiger partial charge < -0.3 is 9.52 Å². The van der Waals surface area contributed by atoms with Crippen molar-refractivity contribution in [3.8, 4) is 0 Å². The van der Waals surface area contributed by atoms with Crippen LogP contribution in [-0.4, -0.2) is 16.6 Å². The monoisotopic (exact) mass is 200 g/mol. The van der Waals surface area contributed by atoms with Gasteiger partial charge in [0.05, 0.1) is 6.26 Å². The summed E-state index contributed by atoms with van der Waals surface area (Å²) in [5.41, 5.74) is 0. The maximum absolute atomic E-state index is 9.61. The van der Waals surface area contributed by atoms with Crippen molar-refractivity contribution in [2.24, 2.45) is 5.92 Å². The van der Waals surface area contributed by atoms with Crippen LogP contribution in [0, 0.1) is 5.92 Å². The first-order valence-electron chi connectivity index (χ1n) is 4.49. The fourth-order valence-electron chi connectivity index (χ4n) is 0.978. The summed E-state index contributed by atoms with van der Waals surface area (Å²) in [6.07, 6.45) is 1.13. The second-order valence-electron chi connectivity index (χ2n) is 3.46. The first-order valence-corrected chi connectivity index (χ1v) is 5.65. The van der Waals surface area contributed by atoms with Crippen molar-refractivity contribution >= 4 is 11.8 Å². The van der Waals surface area contributed by atoms with Gasteiger partial charge in [-0.3, -0.25) is 0 Å². The molecule has 0 bridgehead atoms. The molecule has 1 N–H and O–H groups in total. The maximum Gasteiger partial charge on any atom is 0.133 e. The molecule has 1 aromatic heterocycles. The molecule has 0 aromatic carbocycles. The minimum absolute atomic E-state index is 0.459. The van der Waals surface area contributed by atoms with E-state index in [0.717, 1.165) is 5.75 Å². The fourth-order valence-corrected chi connectivity index (χ4v) is 1.97. The van der Waals surface area contributed by atoms with E-state index in [0.29, 0.717) is 17.4 Å². The van der Waals surface area contributed by atoms with E-state index in [1.165, 1.54) is 0 Å². The highest BCUT2D eigenvalue weighted by Gasteiger charge is 2.09. The van der Waals surface area contributed by atoms with Gasteiger partial charge in [0.2, 0.25) is 0 Å². The number of hydrogen-bond acceptors (Lipinski definition) is 3. The standard InChI is InChI=1S/C10H16O2S/c1-8(2)6-13-7-9(11)10-4-3-5-12-10/h3-5,8-9,11H,6-7H2,1-2H3. The smallest absolute Gasteiger partial charge is 0.133 e. The van der Waals surface area contributed by atoms with Crippen molar-refractivity contribution in [2.45, 2.75) is 20.0 Å². The first kappa shape index (κ1) is 10.7. The lowest BCUT2D eigenvalue weighted by Gasteiger charge is -2.08. The predicted octanol–water partition coefficient (Wildman–Crippen LogP) is 2.70. The molecule has 0 saturated heterocycles. The molecule has 74 valence electrons. The number of aliphatic hydroxyl groups excluding tert-OH is 1. The normalized spacial score (nSPS) is 13.5. The van der Waals surface area contributed by atoms with Crippen LogP contribution in [0.25, 0.3) is 0 Å². The predicted molar refractivity (Wildman–Crippen MR) is 55.8 cm³/mol. The zero-order valence-electron chi connectivity index (χ0n) is 8.06. The highest BCUT2D eigenvalue weighted by Crippen LogP contribution is 2.19. The second kappa shape index (κ2) is 5.35. The number of furan rings is 1. The summed E-state index contributed by atoms with van der Waals surface area (Å²) in [5, 5.41) is 9.61. The summed E-state index contributed by atoms with van der Waals surface area (Å²) in [6.45, 7) is 4.35. The van der Waals surface area contributed by atoms with Gasteiger partial charge in [0, 0.05) is 5.75 Å². The Balaban J connectivity index is 2.22. The van der Waals surface area contributed by atoms with E-state index in [9.17, 15) is 5.11 Å². The third kappa shape index (κ3) is 3.87. The van der Waals surface area contributed by atoms with Gasteiger partial charge in [-0.15, -0.1) is 0 Å². The number of rotatable bonds is 5. The summed E-state index contributed by atoms with van der Waals surface area (Å²) in [6, 6.07) is 3.60. The van der Waals surface area contributed by atoms with Crippen LogP contribution in [0.1, 0.15) is 25.7 Å². The molecule has 0 fully saturated rings. The van der Waals surface area contributed by atoms with Crippen molar-refractivity contribution in [1.29, 1.82) is 0 Å². The molecule has 1 unspecified atom stereocenters. The summed E-state index contributed by atoms with van der Waals surface area (Å²) in [4.78, 5) is 0. The molecule has 1 atom stereocenters. The topological polar surface area (TPSA) is 33.4 Å². The number of aliphatic hydroxyl groups is 1. The van der Waals surface area contributed by atoms with Gasteiger partial charge >= 0.3 is 0 Å². The number of thioether (sulfide) groups is 1. The van der Waals surface area contributed by atoms with Crippen molar-refractivity contribution in [1.82, 2.24) is 0 Å². The molecular formula is C10H16O2S. The Bertz CT molecular complexity index is 219. The lowest BCUT2D eigenvalue weighted by molar-refractivity contribution is 0.174. The highest BCUT2D eigenvalue weighted by molar-refractivity contribution is 7.99. The van der Waals surface area contributed by atoms with E-state index in [2.05, 4.69) is 13.8 Å². The molecule has 1 heterocycles.